The summed E-state index contributed by atoms with van der Waals surface area (Å²) >= 11 is 11.6. The fourth-order valence-corrected chi connectivity index (χ4v) is 1.80. The van der Waals surface area contributed by atoms with Gasteiger partial charge in [-0.25, -0.2) is 4.79 Å². The third kappa shape index (κ3) is 3.53. The van der Waals surface area contributed by atoms with Crippen molar-refractivity contribution in [2.45, 2.75) is 6.92 Å². The van der Waals surface area contributed by atoms with Crippen molar-refractivity contribution in [1.29, 1.82) is 0 Å². The number of hydrogen-bond donors (Lipinski definition) is 2. The zero-order valence-electron chi connectivity index (χ0n) is 10.5. The monoisotopic (exact) mass is 311 g/mol. The van der Waals surface area contributed by atoms with Gasteiger partial charge in [0.2, 0.25) is 0 Å². The van der Waals surface area contributed by atoms with Crippen LogP contribution in [0.3, 0.4) is 0 Å². The largest absolute Gasteiger partial charge is 0.429 e. The number of pyridine rings is 1. The number of carbonyl (C=O) groups excluding carboxylic acids is 1. The lowest BCUT2D eigenvalue weighted by Crippen LogP contribution is -2.14. The number of carbonyl (C=O) groups is 1. The van der Waals surface area contributed by atoms with E-state index < -0.39 is 6.03 Å². The van der Waals surface area contributed by atoms with Crippen LogP contribution in [0.4, 0.5) is 10.5 Å². The summed E-state index contributed by atoms with van der Waals surface area (Å²) in [5.74, 6) is 0. The van der Waals surface area contributed by atoms with Crippen LogP contribution in [0.5, 0.6) is 0 Å². The maximum absolute atomic E-state index is 11.8. The molecule has 1 heterocycles. The Balaban J connectivity index is 2.19. The second-order valence-corrected chi connectivity index (χ2v) is 4.86. The van der Waals surface area contributed by atoms with Gasteiger partial charge >= 0.3 is 6.03 Å². The summed E-state index contributed by atoms with van der Waals surface area (Å²) in [5.41, 5.74) is 1.06. The molecule has 2 aromatic rings. The molecule has 20 heavy (non-hydrogen) atoms. The number of benzene rings is 1. The molecule has 7 heteroatoms. The molecule has 0 fully saturated rings. The molecule has 2 amide bonds. The summed E-state index contributed by atoms with van der Waals surface area (Å²) in [6, 6.07) is 7.30. The van der Waals surface area contributed by atoms with Gasteiger partial charge < -0.3 is 10.5 Å². The zero-order valence-corrected chi connectivity index (χ0v) is 12.0. The Bertz CT molecular complexity index is 726. The van der Waals surface area contributed by atoms with Gasteiger partial charge in [-0.1, -0.05) is 23.2 Å². The van der Waals surface area contributed by atoms with Crippen molar-refractivity contribution in [2.24, 2.45) is 4.99 Å². The number of nitrogens with zero attached hydrogens (tertiary/aromatic N) is 2. The minimum Gasteiger partial charge on any atom is -0.429 e. The summed E-state index contributed by atoms with van der Waals surface area (Å²) in [7, 11) is 0. The summed E-state index contributed by atoms with van der Waals surface area (Å²) in [5, 5.41) is 13.1. The quantitative estimate of drug-likeness (QED) is 0.792. The summed E-state index contributed by atoms with van der Waals surface area (Å²) in [6.07, 6.45) is 1.40. The molecule has 0 saturated heterocycles. The Morgan fingerprint density at radius 2 is 2.00 bits per heavy atom. The van der Waals surface area contributed by atoms with Gasteiger partial charge in [0.1, 0.15) is 0 Å². The van der Waals surface area contributed by atoms with E-state index in [1.54, 1.807) is 25.1 Å². The molecule has 0 bridgehead atoms. The molecule has 0 unspecified atom stereocenters. The first kappa shape index (κ1) is 14.4. The highest BCUT2D eigenvalue weighted by molar-refractivity contribution is 6.42. The molecule has 0 aliphatic rings. The number of halogens is 2. The molecule has 0 aliphatic heterocycles. The van der Waals surface area contributed by atoms with Crippen molar-refractivity contribution in [3.05, 3.63) is 57.6 Å². The number of aromatic nitrogens is 1. The molecule has 0 spiro atoms. The Labute approximate surface area is 125 Å². The third-order valence-electron chi connectivity index (χ3n) is 2.51. The number of nitrogens with one attached hydrogen (secondary N) is 1. The van der Waals surface area contributed by atoms with Crippen molar-refractivity contribution in [2.75, 3.05) is 5.32 Å². The fraction of sp³-hybridized carbons (Fsp3) is 0.0769. The molecule has 0 radical (unpaired) electrons. The number of rotatable bonds is 1. The Hall–Kier alpha value is -1.98. The maximum atomic E-state index is 11.8. The van der Waals surface area contributed by atoms with Crippen LogP contribution in [0.2, 0.25) is 10.0 Å². The van der Waals surface area contributed by atoms with E-state index in [0.717, 1.165) is 4.73 Å². The molecule has 2 N–H and O–H groups in total. The van der Waals surface area contributed by atoms with E-state index in [1.807, 2.05) is 0 Å². The smallest absolute Gasteiger partial charge is 0.345 e. The molecular weight excluding hydrogens is 301 g/mol. The average molecular weight is 312 g/mol. The lowest BCUT2D eigenvalue weighted by atomic mass is 10.3. The molecule has 0 aliphatic carbocycles. The van der Waals surface area contributed by atoms with E-state index in [9.17, 15) is 10.0 Å². The van der Waals surface area contributed by atoms with Crippen molar-refractivity contribution < 1.29 is 10.0 Å². The Morgan fingerprint density at radius 1 is 1.25 bits per heavy atom. The second kappa shape index (κ2) is 5.98. The van der Waals surface area contributed by atoms with Crippen LogP contribution in [0.25, 0.3) is 0 Å². The summed E-state index contributed by atoms with van der Waals surface area (Å²) in [6.45, 7) is 1.69. The van der Waals surface area contributed by atoms with Gasteiger partial charge in [-0.15, -0.1) is 0 Å². The Kier molecular flexibility index (Phi) is 4.32. The number of hydrogen-bond acceptors (Lipinski definition) is 2. The zero-order chi connectivity index (χ0) is 14.7. The maximum Gasteiger partial charge on any atom is 0.345 e. The topological polar surface area (TPSA) is 66.6 Å². The third-order valence-corrected chi connectivity index (χ3v) is 3.25. The van der Waals surface area contributed by atoms with Gasteiger partial charge in [-0.2, -0.15) is 9.72 Å². The van der Waals surface area contributed by atoms with Crippen molar-refractivity contribution in [3.63, 3.8) is 0 Å². The van der Waals surface area contributed by atoms with Crippen LogP contribution >= 0.6 is 23.2 Å². The van der Waals surface area contributed by atoms with Gasteiger partial charge in [-0.3, -0.25) is 0 Å². The van der Waals surface area contributed by atoms with Gasteiger partial charge in [0.15, 0.2) is 0 Å². The van der Waals surface area contributed by atoms with Crippen LogP contribution < -0.4 is 10.7 Å². The predicted molar refractivity (Wildman–Crippen MR) is 77.4 cm³/mol. The molecule has 104 valence electrons. The first-order chi connectivity index (χ1) is 9.45. The van der Waals surface area contributed by atoms with Crippen LogP contribution in [-0.2, 0) is 0 Å². The minimum absolute atomic E-state index is 0.348. The van der Waals surface area contributed by atoms with E-state index in [-0.39, 0.29) is 0 Å². The van der Waals surface area contributed by atoms with Crippen LogP contribution in [0.1, 0.15) is 5.69 Å². The lowest BCUT2D eigenvalue weighted by molar-refractivity contribution is 0.177. The molecular formula is C13H11Cl2N3O2. The number of aryl methyl sites for hydroxylation is 1. The lowest BCUT2D eigenvalue weighted by Gasteiger charge is -2.03. The highest BCUT2D eigenvalue weighted by Gasteiger charge is 2.03. The van der Waals surface area contributed by atoms with E-state index in [1.165, 1.54) is 18.3 Å². The molecule has 0 atom stereocenters. The van der Waals surface area contributed by atoms with E-state index >= 15 is 0 Å². The van der Waals surface area contributed by atoms with E-state index in [2.05, 4.69) is 10.3 Å². The summed E-state index contributed by atoms with van der Waals surface area (Å²) < 4.78 is 0.940. The minimum atomic E-state index is -0.543. The van der Waals surface area contributed by atoms with Crippen molar-refractivity contribution in [3.8, 4) is 0 Å². The first-order valence-corrected chi connectivity index (χ1v) is 6.40. The number of amides is 2. The van der Waals surface area contributed by atoms with Gasteiger partial charge in [-0.05, 0) is 37.3 Å². The van der Waals surface area contributed by atoms with Crippen molar-refractivity contribution in [1.82, 2.24) is 4.73 Å². The van der Waals surface area contributed by atoms with E-state index in [0.29, 0.717) is 26.8 Å². The molecule has 1 aromatic heterocycles. The predicted octanol–water partition coefficient (Wildman–Crippen LogP) is 3.47. The molecule has 2 rings (SSSR count). The molecule has 1 aromatic carbocycles. The average Bonchev–Trinajstić information content (AvgIpc) is 2.38. The van der Waals surface area contributed by atoms with Gasteiger partial charge in [0.05, 0.1) is 21.1 Å². The normalized spacial score (nSPS) is 11.4. The fourth-order valence-electron chi connectivity index (χ4n) is 1.50. The molecule has 5 nitrogen and oxygen atoms in total. The highest BCUT2D eigenvalue weighted by atomic mass is 35.5. The number of urea groups is 1. The number of anilines is 1. The van der Waals surface area contributed by atoms with E-state index in [4.69, 9.17) is 23.2 Å². The van der Waals surface area contributed by atoms with Gasteiger partial charge in [0.25, 0.3) is 0 Å². The van der Waals surface area contributed by atoms with Crippen LogP contribution in [0, 0.1) is 6.92 Å². The van der Waals surface area contributed by atoms with Crippen LogP contribution in [0.15, 0.2) is 41.5 Å². The first-order valence-electron chi connectivity index (χ1n) is 5.65. The van der Waals surface area contributed by atoms with Crippen molar-refractivity contribution >= 4 is 34.9 Å². The SMILES string of the molecule is Cc1c/c(=N/C(=O)Nc2ccc(Cl)c(Cl)c2)ccn1O. The highest BCUT2D eigenvalue weighted by Crippen LogP contribution is 2.24. The Morgan fingerprint density at radius 3 is 2.65 bits per heavy atom. The van der Waals surface area contributed by atoms with Gasteiger partial charge in [0, 0.05) is 11.9 Å². The standard InChI is InChI=1S/C13H11Cl2N3O2/c1-8-6-10(4-5-18(8)20)17-13(19)16-9-2-3-11(14)12(15)7-9/h2-7,20H,1H3,(H,16,19)/b17-10+. The summed E-state index contributed by atoms with van der Waals surface area (Å²) in [4.78, 5) is 15.6. The second-order valence-electron chi connectivity index (χ2n) is 4.04. The van der Waals surface area contributed by atoms with Crippen LogP contribution in [-0.4, -0.2) is 16.0 Å². The molecule has 0 saturated carbocycles.